The zero-order valence-electron chi connectivity index (χ0n) is 16.5. The summed E-state index contributed by atoms with van der Waals surface area (Å²) in [7, 11) is -3.67. The van der Waals surface area contributed by atoms with Crippen molar-refractivity contribution in [3.63, 3.8) is 0 Å². The van der Waals surface area contributed by atoms with Crippen LogP contribution in [0.3, 0.4) is 0 Å². The van der Waals surface area contributed by atoms with Gasteiger partial charge in [-0.3, -0.25) is 4.79 Å². The fourth-order valence-electron chi connectivity index (χ4n) is 3.21. The van der Waals surface area contributed by atoms with E-state index in [2.05, 4.69) is 5.32 Å². The predicted molar refractivity (Wildman–Crippen MR) is 110 cm³/mol. The third-order valence-electron chi connectivity index (χ3n) is 4.81. The number of nitrogens with zero attached hydrogens (tertiary/aromatic N) is 1. The van der Waals surface area contributed by atoms with Crippen LogP contribution in [0.25, 0.3) is 0 Å². The van der Waals surface area contributed by atoms with Crippen LogP contribution in [-0.4, -0.2) is 46.9 Å². The Kier molecular flexibility index (Phi) is 6.82. The Labute approximate surface area is 182 Å². The first kappa shape index (κ1) is 23.4. The summed E-state index contributed by atoms with van der Waals surface area (Å²) in [6.45, 7) is 1.48. The van der Waals surface area contributed by atoms with Crippen LogP contribution >= 0.6 is 11.6 Å². The molecule has 3 rings (SSSR count). The first-order valence-corrected chi connectivity index (χ1v) is 11.5. The molecule has 0 radical (unpaired) electrons. The van der Waals surface area contributed by atoms with Gasteiger partial charge in [-0.25, -0.2) is 8.42 Å². The Morgan fingerprint density at radius 1 is 1.16 bits per heavy atom. The van der Waals surface area contributed by atoms with E-state index in [1.54, 1.807) is 6.07 Å². The van der Waals surface area contributed by atoms with Gasteiger partial charge in [0.25, 0.3) is 5.91 Å². The molecule has 0 aromatic heterocycles. The van der Waals surface area contributed by atoms with Crippen molar-refractivity contribution in [2.24, 2.45) is 0 Å². The van der Waals surface area contributed by atoms with E-state index >= 15 is 0 Å². The van der Waals surface area contributed by atoms with Gasteiger partial charge in [-0.15, -0.1) is 0 Å². The topological polar surface area (TPSA) is 75.7 Å². The first-order valence-electron chi connectivity index (χ1n) is 9.27. The summed E-state index contributed by atoms with van der Waals surface area (Å²) >= 11 is 5.86. The average molecular weight is 477 g/mol. The largest absolute Gasteiger partial charge is 0.416 e. The van der Waals surface area contributed by atoms with Gasteiger partial charge in [0.15, 0.2) is 9.84 Å². The lowest BCUT2D eigenvalue weighted by molar-refractivity contribution is -0.138. The number of carbonyl (C=O) groups is 1. The van der Waals surface area contributed by atoms with Crippen LogP contribution in [-0.2, 0) is 27.3 Å². The number of ether oxygens (including phenoxy) is 1. The number of alkyl halides is 3. The minimum absolute atomic E-state index is 0.0247. The minimum Gasteiger partial charge on any atom is -0.378 e. The maximum absolute atomic E-state index is 13.6. The molecule has 1 fully saturated rings. The summed E-state index contributed by atoms with van der Waals surface area (Å²) in [4.78, 5) is 14.0. The molecule has 2 aromatic carbocycles. The van der Waals surface area contributed by atoms with Gasteiger partial charge in [0.05, 0.1) is 28.7 Å². The van der Waals surface area contributed by atoms with E-state index in [9.17, 15) is 26.4 Å². The lowest BCUT2D eigenvalue weighted by atomic mass is 10.0. The summed E-state index contributed by atoms with van der Waals surface area (Å²) in [6, 6.07) is 7.63. The van der Waals surface area contributed by atoms with Crippen molar-refractivity contribution in [1.29, 1.82) is 0 Å². The Morgan fingerprint density at radius 3 is 2.45 bits per heavy atom. The van der Waals surface area contributed by atoms with E-state index in [0.29, 0.717) is 32.0 Å². The van der Waals surface area contributed by atoms with Crippen LogP contribution in [0.4, 0.5) is 18.9 Å². The molecular weight excluding hydrogens is 457 g/mol. The molecule has 1 heterocycles. The highest BCUT2D eigenvalue weighted by Crippen LogP contribution is 2.35. The van der Waals surface area contributed by atoms with Gasteiger partial charge in [0, 0.05) is 37.1 Å². The Morgan fingerprint density at radius 2 is 1.84 bits per heavy atom. The second-order valence-corrected chi connectivity index (χ2v) is 9.43. The zero-order valence-corrected chi connectivity index (χ0v) is 18.1. The van der Waals surface area contributed by atoms with Gasteiger partial charge in [0.1, 0.15) is 0 Å². The van der Waals surface area contributed by atoms with Crippen LogP contribution in [0.2, 0.25) is 5.02 Å². The van der Waals surface area contributed by atoms with E-state index in [4.69, 9.17) is 16.3 Å². The Hall–Kier alpha value is -2.30. The highest BCUT2D eigenvalue weighted by atomic mass is 35.5. The quantitative estimate of drug-likeness (QED) is 0.714. The molecule has 1 aliphatic heterocycles. The number of amides is 1. The highest BCUT2D eigenvalue weighted by Gasteiger charge is 2.34. The summed E-state index contributed by atoms with van der Waals surface area (Å²) in [5.74, 6) is -0.716. The van der Waals surface area contributed by atoms with Gasteiger partial charge in [-0.05, 0) is 35.9 Å². The third kappa shape index (κ3) is 5.69. The normalized spacial score (nSPS) is 15.1. The number of carbonyl (C=O) groups excluding carboxylic acids is 1. The van der Waals surface area contributed by atoms with Crippen molar-refractivity contribution in [2.45, 2.75) is 17.6 Å². The summed E-state index contributed by atoms with van der Waals surface area (Å²) in [5.41, 5.74) is -0.538. The molecule has 1 saturated heterocycles. The van der Waals surface area contributed by atoms with E-state index in [1.165, 1.54) is 18.2 Å². The highest BCUT2D eigenvalue weighted by molar-refractivity contribution is 7.90. The molecule has 6 nitrogen and oxygen atoms in total. The number of anilines is 1. The second kappa shape index (κ2) is 9.05. The maximum Gasteiger partial charge on any atom is 0.416 e. The molecule has 1 amide bonds. The lowest BCUT2D eigenvalue weighted by Gasteiger charge is -2.29. The zero-order chi connectivity index (χ0) is 22.8. The van der Waals surface area contributed by atoms with Crippen molar-refractivity contribution >= 4 is 33.0 Å². The molecule has 0 aliphatic carbocycles. The lowest BCUT2D eigenvalue weighted by Crippen LogP contribution is -2.36. The Bertz CT molecular complexity index is 1080. The van der Waals surface area contributed by atoms with Crippen molar-refractivity contribution in [2.75, 3.05) is 37.5 Å². The van der Waals surface area contributed by atoms with Crippen LogP contribution in [0.15, 0.2) is 41.3 Å². The Balaban J connectivity index is 1.81. The standard InChI is InChI=1S/C20H20ClF3N2O4S/c1-31(28,29)18-10-13(3-5-17(18)21)19(27)25-12-14-2-4-15(11-16(14)20(22,23)24)26-6-8-30-9-7-26/h2-5,10-11H,6-9,12H2,1H3,(H,25,27). The van der Waals surface area contributed by atoms with Gasteiger partial charge < -0.3 is 15.0 Å². The number of rotatable bonds is 5. The van der Waals surface area contributed by atoms with Crippen LogP contribution in [0.1, 0.15) is 21.5 Å². The van der Waals surface area contributed by atoms with Crippen LogP contribution in [0, 0.1) is 0 Å². The average Bonchev–Trinajstić information content (AvgIpc) is 2.71. The maximum atomic E-state index is 13.6. The number of hydrogen-bond donors (Lipinski definition) is 1. The fraction of sp³-hybridized carbons (Fsp3) is 0.350. The van der Waals surface area contributed by atoms with Gasteiger partial charge in [0.2, 0.25) is 0 Å². The van der Waals surface area contributed by atoms with Gasteiger partial charge in [-0.2, -0.15) is 13.2 Å². The molecule has 1 N–H and O–H groups in total. The second-order valence-electron chi connectivity index (χ2n) is 7.04. The van der Waals surface area contributed by atoms with Crippen molar-refractivity contribution in [1.82, 2.24) is 5.32 Å². The summed E-state index contributed by atoms with van der Waals surface area (Å²) < 4.78 is 69.7. The van der Waals surface area contributed by atoms with E-state index in [-0.39, 0.29) is 27.6 Å². The van der Waals surface area contributed by atoms with E-state index in [1.807, 2.05) is 4.90 Å². The smallest absolute Gasteiger partial charge is 0.378 e. The monoisotopic (exact) mass is 476 g/mol. The summed E-state index contributed by atoms with van der Waals surface area (Å²) in [5, 5.41) is 2.37. The molecule has 168 valence electrons. The van der Waals surface area contributed by atoms with E-state index in [0.717, 1.165) is 18.4 Å². The van der Waals surface area contributed by atoms with Gasteiger partial charge in [-0.1, -0.05) is 17.7 Å². The third-order valence-corrected chi connectivity index (χ3v) is 6.39. The first-order chi connectivity index (χ1) is 14.5. The molecule has 0 atom stereocenters. The molecule has 11 heteroatoms. The van der Waals surface area contributed by atoms with Crippen molar-refractivity contribution in [3.8, 4) is 0 Å². The van der Waals surface area contributed by atoms with Crippen LogP contribution < -0.4 is 10.2 Å². The molecular formula is C20H20ClF3N2O4S. The SMILES string of the molecule is CS(=O)(=O)c1cc(C(=O)NCc2ccc(N3CCOCC3)cc2C(F)(F)F)ccc1Cl. The molecule has 0 bridgehead atoms. The van der Waals surface area contributed by atoms with Crippen molar-refractivity contribution < 1.29 is 31.1 Å². The predicted octanol–water partition coefficient (Wildman–Crippen LogP) is 3.53. The molecule has 2 aromatic rings. The number of benzene rings is 2. The number of halogens is 4. The molecule has 0 saturated carbocycles. The minimum atomic E-state index is -4.61. The molecule has 0 spiro atoms. The summed E-state index contributed by atoms with van der Waals surface area (Å²) in [6.07, 6.45) is -3.66. The number of sulfone groups is 1. The van der Waals surface area contributed by atoms with Crippen LogP contribution in [0.5, 0.6) is 0 Å². The number of morpholine rings is 1. The number of nitrogens with one attached hydrogen (secondary N) is 1. The van der Waals surface area contributed by atoms with Gasteiger partial charge >= 0.3 is 6.18 Å². The number of hydrogen-bond acceptors (Lipinski definition) is 5. The fourth-order valence-corrected chi connectivity index (χ4v) is 4.51. The molecule has 31 heavy (non-hydrogen) atoms. The van der Waals surface area contributed by atoms with E-state index < -0.39 is 27.5 Å². The molecule has 1 aliphatic rings. The molecule has 0 unspecified atom stereocenters. The van der Waals surface area contributed by atoms with Crippen molar-refractivity contribution in [3.05, 3.63) is 58.1 Å².